The van der Waals surface area contributed by atoms with E-state index in [-0.39, 0.29) is 30.4 Å². The predicted octanol–water partition coefficient (Wildman–Crippen LogP) is -0.927. The highest BCUT2D eigenvalue weighted by atomic mass is 35.5. The lowest BCUT2D eigenvalue weighted by molar-refractivity contribution is -0.307. The van der Waals surface area contributed by atoms with Crippen LogP contribution in [-0.2, 0) is 24.4 Å². The van der Waals surface area contributed by atoms with E-state index in [1.165, 1.54) is 29.2 Å². The number of carboxylic acids is 1. The smallest absolute Gasteiger partial charge is 0.242 e. The molecule has 2 amide bonds. The largest absolute Gasteiger partial charge is 0.548 e. The highest BCUT2D eigenvalue weighted by Crippen LogP contribution is 2.18. The third kappa shape index (κ3) is 6.92. The van der Waals surface area contributed by atoms with Crippen LogP contribution >= 0.6 is 11.6 Å². The molecular weight excluding hydrogens is 498 g/mol. The summed E-state index contributed by atoms with van der Waals surface area (Å²) in [6, 6.07) is 12.1. The van der Waals surface area contributed by atoms with Gasteiger partial charge >= 0.3 is 0 Å². The molecule has 1 fully saturated rings. The van der Waals surface area contributed by atoms with Crippen LogP contribution in [0.15, 0.2) is 53.4 Å². The summed E-state index contributed by atoms with van der Waals surface area (Å²) in [5, 5.41) is 22.9. The number of carboxylic acid groups (broad SMARTS) is 1. The maximum Gasteiger partial charge on any atom is 0.242 e. The van der Waals surface area contributed by atoms with Crippen LogP contribution in [0.4, 0.5) is 5.69 Å². The van der Waals surface area contributed by atoms with Crippen molar-refractivity contribution in [1.29, 1.82) is 5.26 Å². The van der Waals surface area contributed by atoms with Crippen LogP contribution in [0.3, 0.4) is 0 Å². The first-order chi connectivity index (χ1) is 16.6. The van der Waals surface area contributed by atoms with E-state index in [2.05, 4.69) is 5.32 Å². The number of hydrogen-bond donors (Lipinski definition) is 2. The molecule has 0 aromatic heterocycles. The van der Waals surface area contributed by atoms with Gasteiger partial charge < -0.3 is 25.0 Å². The molecule has 1 aliphatic heterocycles. The van der Waals surface area contributed by atoms with Crippen molar-refractivity contribution in [2.24, 2.45) is 0 Å². The van der Waals surface area contributed by atoms with Gasteiger partial charge in [0.1, 0.15) is 0 Å². The Morgan fingerprint density at radius 3 is 2.34 bits per heavy atom. The highest BCUT2D eigenvalue weighted by molar-refractivity contribution is 7.89. The number of nitrogens with one attached hydrogen (secondary N) is 2. The van der Waals surface area contributed by atoms with Gasteiger partial charge in [-0.05, 0) is 48.5 Å². The standard InChI is InChI=1S/C22H22ClN5O6S/c23-16-3-7-18(8-4-16)35(33,34)26-19(22(31)32)12-25-20(29)13-28-10-9-27(14-21(28)30)17-5-1-15(11-24)2-6-17/h1-8,19,26H,9-10,12-14H2,(H,25,29)(H,31,32)/p-1. The van der Waals surface area contributed by atoms with E-state index in [1.54, 1.807) is 24.3 Å². The average molecular weight is 519 g/mol. The minimum atomic E-state index is -4.21. The van der Waals surface area contributed by atoms with Gasteiger partial charge in [-0.25, -0.2) is 13.1 Å². The number of sulfonamides is 1. The number of nitriles is 1. The summed E-state index contributed by atoms with van der Waals surface area (Å²) in [5.41, 5.74) is 1.27. The minimum Gasteiger partial charge on any atom is -0.548 e. The summed E-state index contributed by atoms with van der Waals surface area (Å²) in [6.07, 6.45) is 0. The second kappa shape index (κ2) is 11.2. The van der Waals surface area contributed by atoms with Crippen molar-refractivity contribution < 1.29 is 27.9 Å². The first-order valence-corrected chi connectivity index (χ1v) is 12.2. The maximum absolute atomic E-state index is 12.5. The van der Waals surface area contributed by atoms with Crippen molar-refractivity contribution >= 4 is 45.1 Å². The lowest BCUT2D eigenvalue weighted by Crippen LogP contribution is -2.56. The summed E-state index contributed by atoms with van der Waals surface area (Å²) < 4.78 is 26.8. The summed E-state index contributed by atoms with van der Waals surface area (Å²) in [6.45, 7) is -0.161. The zero-order valence-electron chi connectivity index (χ0n) is 18.3. The Labute approximate surface area is 206 Å². The molecule has 35 heavy (non-hydrogen) atoms. The number of carbonyl (C=O) groups is 3. The van der Waals surface area contributed by atoms with Crippen LogP contribution < -0.4 is 20.0 Å². The summed E-state index contributed by atoms with van der Waals surface area (Å²) in [5.74, 6) is -2.69. The number of anilines is 1. The molecule has 0 saturated carbocycles. The van der Waals surface area contributed by atoms with Gasteiger partial charge in [-0.2, -0.15) is 5.26 Å². The molecule has 0 aliphatic carbocycles. The van der Waals surface area contributed by atoms with Crippen molar-refractivity contribution in [3.8, 4) is 6.07 Å². The van der Waals surface area contributed by atoms with E-state index in [0.717, 1.165) is 5.69 Å². The predicted molar refractivity (Wildman–Crippen MR) is 124 cm³/mol. The molecular formula is C22H21ClN5O6S-. The number of carbonyl (C=O) groups excluding carboxylic acids is 3. The fraction of sp³-hybridized carbons (Fsp3) is 0.273. The molecule has 184 valence electrons. The number of rotatable bonds is 9. The number of aliphatic carboxylic acids is 1. The Morgan fingerprint density at radius 1 is 1.11 bits per heavy atom. The molecule has 11 nitrogen and oxygen atoms in total. The van der Waals surface area contributed by atoms with Crippen LogP contribution in [0, 0.1) is 11.3 Å². The van der Waals surface area contributed by atoms with Crippen molar-refractivity contribution in [3.63, 3.8) is 0 Å². The van der Waals surface area contributed by atoms with Crippen LogP contribution in [0.1, 0.15) is 5.56 Å². The fourth-order valence-electron chi connectivity index (χ4n) is 3.33. The first kappa shape index (κ1) is 26.0. The van der Waals surface area contributed by atoms with E-state index in [4.69, 9.17) is 16.9 Å². The van der Waals surface area contributed by atoms with Gasteiger partial charge in [0.05, 0.1) is 41.6 Å². The zero-order chi connectivity index (χ0) is 25.6. The van der Waals surface area contributed by atoms with Crippen LogP contribution in [-0.4, -0.2) is 69.9 Å². The summed E-state index contributed by atoms with van der Waals surface area (Å²) in [4.78, 5) is 39.2. The van der Waals surface area contributed by atoms with Crippen molar-refractivity contribution in [1.82, 2.24) is 14.9 Å². The molecule has 1 aliphatic rings. The number of halogens is 1. The quantitative estimate of drug-likeness (QED) is 0.430. The van der Waals surface area contributed by atoms with Crippen molar-refractivity contribution in [2.45, 2.75) is 10.9 Å². The van der Waals surface area contributed by atoms with Crippen molar-refractivity contribution in [3.05, 3.63) is 59.1 Å². The Balaban J connectivity index is 1.52. The summed E-state index contributed by atoms with van der Waals surface area (Å²) in [7, 11) is -4.21. The van der Waals surface area contributed by atoms with E-state index in [9.17, 15) is 27.9 Å². The molecule has 0 radical (unpaired) electrons. The molecule has 1 unspecified atom stereocenters. The number of piperazine rings is 1. The number of hydrogen-bond acceptors (Lipinski definition) is 8. The number of benzene rings is 2. The van der Waals surface area contributed by atoms with Crippen LogP contribution in [0.2, 0.25) is 5.02 Å². The molecule has 1 saturated heterocycles. The minimum absolute atomic E-state index is 0.0295. The van der Waals surface area contributed by atoms with E-state index in [0.29, 0.717) is 17.1 Å². The normalized spacial score (nSPS) is 14.8. The second-order valence-electron chi connectivity index (χ2n) is 7.65. The fourth-order valence-corrected chi connectivity index (χ4v) is 4.64. The monoisotopic (exact) mass is 518 g/mol. The molecule has 2 aromatic rings. The third-order valence-electron chi connectivity index (χ3n) is 5.22. The molecule has 2 aromatic carbocycles. The Hall–Kier alpha value is -3.66. The van der Waals surface area contributed by atoms with E-state index < -0.39 is 34.5 Å². The SMILES string of the molecule is N#Cc1ccc(N2CCN(CC(=O)NCC(NS(=O)(=O)c3ccc(Cl)cc3)C(=O)[O-])C(=O)C2)cc1. The molecule has 0 spiro atoms. The molecule has 3 rings (SSSR count). The lowest BCUT2D eigenvalue weighted by Gasteiger charge is -2.35. The third-order valence-corrected chi connectivity index (χ3v) is 6.96. The average Bonchev–Trinajstić information content (AvgIpc) is 2.83. The Kier molecular flexibility index (Phi) is 8.29. The van der Waals surface area contributed by atoms with E-state index in [1.807, 2.05) is 15.7 Å². The Morgan fingerprint density at radius 2 is 1.77 bits per heavy atom. The molecule has 13 heteroatoms. The van der Waals surface area contributed by atoms with E-state index >= 15 is 0 Å². The molecule has 1 heterocycles. The van der Waals surface area contributed by atoms with Gasteiger partial charge in [0.25, 0.3) is 0 Å². The zero-order valence-corrected chi connectivity index (χ0v) is 19.9. The molecule has 2 N–H and O–H groups in total. The van der Waals surface area contributed by atoms with Gasteiger partial charge in [-0.1, -0.05) is 11.6 Å². The molecule has 0 bridgehead atoms. The van der Waals surface area contributed by atoms with Gasteiger partial charge in [0.2, 0.25) is 21.8 Å². The van der Waals surface area contributed by atoms with Crippen LogP contribution in [0.5, 0.6) is 0 Å². The topological polar surface area (TPSA) is 163 Å². The van der Waals surface area contributed by atoms with Gasteiger partial charge in [0.15, 0.2) is 0 Å². The second-order valence-corrected chi connectivity index (χ2v) is 9.80. The van der Waals surface area contributed by atoms with Gasteiger partial charge in [-0.3, -0.25) is 9.59 Å². The summed E-state index contributed by atoms with van der Waals surface area (Å²) >= 11 is 5.74. The lowest BCUT2D eigenvalue weighted by atomic mass is 10.2. The number of amides is 2. The number of nitrogens with zero attached hydrogens (tertiary/aromatic N) is 3. The molecule has 1 atom stereocenters. The highest BCUT2D eigenvalue weighted by Gasteiger charge is 2.27. The van der Waals surface area contributed by atoms with Crippen LogP contribution in [0.25, 0.3) is 0 Å². The van der Waals surface area contributed by atoms with Gasteiger partial charge in [-0.15, -0.1) is 0 Å². The maximum atomic E-state index is 12.5. The Bertz CT molecular complexity index is 1240. The first-order valence-electron chi connectivity index (χ1n) is 10.4. The van der Waals surface area contributed by atoms with Gasteiger partial charge in [0, 0.05) is 30.3 Å². The van der Waals surface area contributed by atoms with Crippen molar-refractivity contribution in [2.75, 3.05) is 37.6 Å².